The molecule has 0 fully saturated rings. The molecule has 0 bridgehead atoms. The molecule has 0 saturated heterocycles. The van der Waals surface area contributed by atoms with Crippen molar-refractivity contribution in [2.75, 3.05) is 17.7 Å². The smallest absolute Gasteiger partial charge is 0.258 e. The number of hydrogen-bond acceptors (Lipinski definition) is 2. The highest BCUT2D eigenvalue weighted by Crippen LogP contribution is 2.22. The van der Waals surface area contributed by atoms with Crippen molar-refractivity contribution in [3.05, 3.63) is 58.1 Å². The van der Waals surface area contributed by atoms with E-state index in [-0.39, 0.29) is 5.91 Å². The molecule has 0 heterocycles. The number of rotatable bonds is 2. The third kappa shape index (κ3) is 3.19. The lowest BCUT2D eigenvalue weighted by Gasteiger charge is -2.17. The first-order chi connectivity index (χ1) is 8.97. The maximum atomic E-state index is 12.3. The maximum Gasteiger partial charge on any atom is 0.258 e. The Balaban J connectivity index is 2.30. The highest BCUT2D eigenvalue weighted by Gasteiger charge is 2.14. The molecule has 3 nitrogen and oxygen atoms in total. The van der Waals surface area contributed by atoms with Gasteiger partial charge in [0.05, 0.1) is 0 Å². The quantitative estimate of drug-likeness (QED) is 0.855. The van der Waals surface area contributed by atoms with Crippen LogP contribution in [0.15, 0.2) is 42.5 Å². The first kappa shape index (κ1) is 13.7. The van der Waals surface area contributed by atoms with E-state index in [1.807, 2.05) is 0 Å². The highest BCUT2D eigenvalue weighted by atomic mass is 35.5. The van der Waals surface area contributed by atoms with E-state index >= 15 is 0 Å². The molecule has 98 valence electrons. The van der Waals surface area contributed by atoms with E-state index < -0.39 is 0 Å². The van der Waals surface area contributed by atoms with E-state index in [2.05, 4.69) is 0 Å². The van der Waals surface area contributed by atoms with Crippen LogP contribution in [0.3, 0.4) is 0 Å². The molecular weight excluding hydrogens is 283 g/mol. The zero-order valence-corrected chi connectivity index (χ0v) is 11.7. The fourth-order valence-corrected chi connectivity index (χ4v) is 2.21. The summed E-state index contributed by atoms with van der Waals surface area (Å²) >= 11 is 11.8. The summed E-state index contributed by atoms with van der Waals surface area (Å²) in [6, 6.07) is 11.8. The van der Waals surface area contributed by atoms with Gasteiger partial charge in [0, 0.05) is 34.0 Å². The Morgan fingerprint density at radius 2 is 1.58 bits per heavy atom. The minimum absolute atomic E-state index is 0.186. The Hall–Kier alpha value is -1.71. The second-order valence-electron chi connectivity index (χ2n) is 4.11. The van der Waals surface area contributed by atoms with Gasteiger partial charge >= 0.3 is 0 Å². The fraction of sp³-hybridized carbons (Fsp3) is 0.0714. The van der Waals surface area contributed by atoms with Crippen molar-refractivity contribution in [2.45, 2.75) is 0 Å². The molecular formula is C14H12Cl2N2O. The monoisotopic (exact) mass is 294 g/mol. The minimum atomic E-state index is -0.186. The van der Waals surface area contributed by atoms with Crippen molar-refractivity contribution in [3.8, 4) is 0 Å². The second-order valence-corrected chi connectivity index (χ2v) is 4.99. The Labute approximate surface area is 121 Å². The number of halogens is 2. The Morgan fingerprint density at radius 3 is 2.11 bits per heavy atom. The number of carbonyl (C=O) groups is 1. The van der Waals surface area contributed by atoms with Crippen molar-refractivity contribution in [3.63, 3.8) is 0 Å². The SMILES string of the molecule is CN(C(=O)c1cc(Cl)cc(Cl)c1)c1ccc(N)cc1. The van der Waals surface area contributed by atoms with Crippen LogP contribution >= 0.6 is 23.2 Å². The van der Waals surface area contributed by atoms with Gasteiger partial charge in [-0.05, 0) is 42.5 Å². The van der Waals surface area contributed by atoms with Crippen LogP contribution in [0.25, 0.3) is 0 Å². The molecule has 2 aromatic rings. The van der Waals surface area contributed by atoms with Crippen molar-refractivity contribution in [2.24, 2.45) is 0 Å². The number of nitrogens with zero attached hydrogens (tertiary/aromatic N) is 1. The zero-order chi connectivity index (χ0) is 14.0. The van der Waals surface area contributed by atoms with Gasteiger partial charge in [0.1, 0.15) is 0 Å². The van der Waals surface area contributed by atoms with E-state index in [1.165, 1.54) is 4.90 Å². The molecule has 2 aromatic carbocycles. The Bertz CT molecular complexity index is 591. The molecule has 0 radical (unpaired) electrons. The van der Waals surface area contributed by atoms with Gasteiger partial charge < -0.3 is 10.6 Å². The standard InChI is InChI=1S/C14H12Cl2N2O/c1-18(13-4-2-12(17)3-5-13)14(19)9-6-10(15)8-11(16)7-9/h2-8H,17H2,1H3. The van der Waals surface area contributed by atoms with E-state index in [9.17, 15) is 4.79 Å². The van der Waals surface area contributed by atoms with E-state index in [4.69, 9.17) is 28.9 Å². The van der Waals surface area contributed by atoms with Crippen LogP contribution in [0, 0.1) is 0 Å². The summed E-state index contributed by atoms with van der Waals surface area (Å²) in [6.07, 6.45) is 0. The molecule has 2 N–H and O–H groups in total. The second kappa shape index (κ2) is 5.51. The minimum Gasteiger partial charge on any atom is -0.399 e. The van der Waals surface area contributed by atoms with Crippen LogP contribution in [0.4, 0.5) is 11.4 Å². The molecule has 0 saturated carbocycles. The first-order valence-electron chi connectivity index (χ1n) is 5.57. The van der Waals surface area contributed by atoms with Crippen LogP contribution in [0.5, 0.6) is 0 Å². The summed E-state index contributed by atoms with van der Waals surface area (Å²) < 4.78 is 0. The molecule has 2 rings (SSSR count). The summed E-state index contributed by atoms with van der Waals surface area (Å²) in [5.41, 5.74) is 7.45. The van der Waals surface area contributed by atoms with Crippen LogP contribution in [-0.4, -0.2) is 13.0 Å². The molecule has 5 heteroatoms. The van der Waals surface area contributed by atoms with Crippen LogP contribution < -0.4 is 10.6 Å². The maximum absolute atomic E-state index is 12.3. The number of nitrogens with two attached hydrogens (primary N) is 1. The predicted octanol–water partition coefficient (Wildman–Crippen LogP) is 3.85. The van der Waals surface area contributed by atoms with Gasteiger partial charge in [-0.1, -0.05) is 23.2 Å². The molecule has 0 unspecified atom stereocenters. The lowest BCUT2D eigenvalue weighted by molar-refractivity contribution is 0.0993. The topological polar surface area (TPSA) is 46.3 Å². The average Bonchev–Trinajstić information content (AvgIpc) is 2.37. The van der Waals surface area contributed by atoms with Gasteiger partial charge in [0.2, 0.25) is 0 Å². The van der Waals surface area contributed by atoms with E-state index in [0.29, 0.717) is 21.3 Å². The predicted molar refractivity (Wildman–Crippen MR) is 80.0 cm³/mol. The van der Waals surface area contributed by atoms with Crippen molar-refractivity contribution in [1.82, 2.24) is 0 Å². The molecule has 0 atom stereocenters. The number of nitrogen functional groups attached to an aromatic ring is 1. The molecule has 1 amide bonds. The number of anilines is 2. The van der Waals surface area contributed by atoms with Gasteiger partial charge in [0.15, 0.2) is 0 Å². The molecule has 0 aliphatic heterocycles. The third-order valence-corrected chi connectivity index (χ3v) is 3.13. The van der Waals surface area contributed by atoms with Crippen molar-refractivity contribution < 1.29 is 4.79 Å². The molecule has 0 aliphatic rings. The number of amides is 1. The van der Waals surface area contributed by atoms with Gasteiger partial charge in [-0.2, -0.15) is 0 Å². The number of carbonyl (C=O) groups excluding carboxylic acids is 1. The Kier molecular flexibility index (Phi) is 3.98. The van der Waals surface area contributed by atoms with E-state index in [0.717, 1.165) is 5.69 Å². The van der Waals surface area contributed by atoms with Gasteiger partial charge in [0.25, 0.3) is 5.91 Å². The van der Waals surface area contributed by atoms with Crippen LogP contribution in [0.1, 0.15) is 10.4 Å². The van der Waals surface area contributed by atoms with Gasteiger partial charge in [-0.3, -0.25) is 4.79 Å². The molecule has 0 aliphatic carbocycles. The van der Waals surface area contributed by atoms with E-state index in [1.54, 1.807) is 49.5 Å². The molecule has 0 aromatic heterocycles. The van der Waals surface area contributed by atoms with Crippen molar-refractivity contribution in [1.29, 1.82) is 0 Å². The summed E-state index contributed by atoms with van der Waals surface area (Å²) in [5.74, 6) is -0.186. The lowest BCUT2D eigenvalue weighted by atomic mass is 10.2. The summed E-state index contributed by atoms with van der Waals surface area (Å²) in [6.45, 7) is 0. The summed E-state index contributed by atoms with van der Waals surface area (Å²) in [5, 5.41) is 0.864. The number of hydrogen-bond donors (Lipinski definition) is 1. The third-order valence-electron chi connectivity index (χ3n) is 2.69. The van der Waals surface area contributed by atoms with Gasteiger partial charge in [-0.25, -0.2) is 0 Å². The Morgan fingerprint density at radius 1 is 1.05 bits per heavy atom. The van der Waals surface area contributed by atoms with Crippen LogP contribution in [-0.2, 0) is 0 Å². The lowest BCUT2D eigenvalue weighted by Crippen LogP contribution is -2.26. The summed E-state index contributed by atoms with van der Waals surface area (Å²) in [7, 11) is 1.68. The average molecular weight is 295 g/mol. The highest BCUT2D eigenvalue weighted by molar-refractivity contribution is 6.35. The number of benzene rings is 2. The van der Waals surface area contributed by atoms with Crippen molar-refractivity contribution >= 4 is 40.5 Å². The van der Waals surface area contributed by atoms with Gasteiger partial charge in [-0.15, -0.1) is 0 Å². The fourth-order valence-electron chi connectivity index (χ4n) is 1.69. The zero-order valence-electron chi connectivity index (χ0n) is 10.2. The van der Waals surface area contributed by atoms with Crippen LogP contribution in [0.2, 0.25) is 10.0 Å². The molecule has 19 heavy (non-hydrogen) atoms. The summed E-state index contributed by atoms with van der Waals surface area (Å²) in [4.78, 5) is 13.8. The normalized spacial score (nSPS) is 10.3. The molecule has 0 spiro atoms. The first-order valence-corrected chi connectivity index (χ1v) is 6.32. The largest absolute Gasteiger partial charge is 0.399 e.